The van der Waals surface area contributed by atoms with Crippen molar-refractivity contribution >= 4 is 5.91 Å². The summed E-state index contributed by atoms with van der Waals surface area (Å²) in [5.74, 6) is 1.08. The van der Waals surface area contributed by atoms with Crippen molar-refractivity contribution in [1.82, 2.24) is 9.80 Å². The fraction of sp³-hybridized carbons (Fsp3) is 0.938. The molecule has 2 N–H and O–H groups in total. The summed E-state index contributed by atoms with van der Waals surface area (Å²) < 4.78 is 0. The summed E-state index contributed by atoms with van der Waals surface area (Å²) in [6.45, 7) is 10.1. The molecule has 0 bridgehead atoms. The van der Waals surface area contributed by atoms with E-state index < -0.39 is 0 Å². The Morgan fingerprint density at radius 3 is 2.10 bits per heavy atom. The maximum Gasteiger partial charge on any atom is 0.227 e. The molecule has 116 valence electrons. The number of rotatable bonds is 3. The Kier molecular flexibility index (Phi) is 5.44. The lowest BCUT2D eigenvalue weighted by Crippen LogP contribution is -2.54. The van der Waals surface area contributed by atoms with Crippen molar-refractivity contribution in [3.05, 3.63) is 0 Å². The molecule has 1 aliphatic carbocycles. The molecule has 2 aliphatic rings. The topological polar surface area (TPSA) is 49.6 Å². The van der Waals surface area contributed by atoms with E-state index in [1.807, 2.05) is 18.7 Å². The van der Waals surface area contributed by atoms with Gasteiger partial charge in [0, 0.05) is 38.3 Å². The summed E-state index contributed by atoms with van der Waals surface area (Å²) in [6.07, 6.45) is 5.41. The first-order valence-electron chi connectivity index (χ1n) is 8.27. The molecule has 1 saturated heterocycles. The van der Waals surface area contributed by atoms with Crippen molar-refractivity contribution in [1.29, 1.82) is 0 Å². The van der Waals surface area contributed by atoms with Crippen molar-refractivity contribution in [2.45, 2.75) is 58.5 Å². The molecule has 2 unspecified atom stereocenters. The first-order valence-corrected chi connectivity index (χ1v) is 8.27. The summed E-state index contributed by atoms with van der Waals surface area (Å²) in [5, 5.41) is 0. The van der Waals surface area contributed by atoms with Gasteiger partial charge in [0.15, 0.2) is 0 Å². The average molecular weight is 281 g/mol. The maximum absolute atomic E-state index is 12.3. The molecule has 1 heterocycles. The monoisotopic (exact) mass is 281 g/mol. The van der Waals surface area contributed by atoms with Crippen LogP contribution < -0.4 is 5.73 Å². The summed E-state index contributed by atoms with van der Waals surface area (Å²) in [6, 6.07) is 0.703. The van der Waals surface area contributed by atoms with Crippen LogP contribution in [0.2, 0.25) is 0 Å². The lowest BCUT2D eigenvalue weighted by atomic mass is 9.86. The molecule has 2 fully saturated rings. The first-order chi connectivity index (χ1) is 9.49. The van der Waals surface area contributed by atoms with Crippen LogP contribution in [0.25, 0.3) is 0 Å². The van der Waals surface area contributed by atoms with Crippen molar-refractivity contribution in [2.24, 2.45) is 17.6 Å². The van der Waals surface area contributed by atoms with Gasteiger partial charge < -0.3 is 10.6 Å². The van der Waals surface area contributed by atoms with Gasteiger partial charge >= 0.3 is 0 Å². The molecule has 1 amide bonds. The Morgan fingerprint density at radius 2 is 1.60 bits per heavy atom. The minimum absolute atomic E-state index is 0.0552. The SMILES string of the molecule is CC1CCC(N2CCN(C(=O)C(C)C(C)N)CC2)CC1. The number of nitrogens with two attached hydrogens (primary N) is 1. The number of nitrogens with zero attached hydrogens (tertiary/aromatic N) is 2. The van der Waals surface area contributed by atoms with Gasteiger partial charge in [0.25, 0.3) is 0 Å². The van der Waals surface area contributed by atoms with Crippen LogP contribution in [0, 0.1) is 11.8 Å². The normalized spacial score (nSPS) is 31.9. The van der Waals surface area contributed by atoms with Crippen LogP contribution in [0.1, 0.15) is 46.5 Å². The van der Waals surface area contributed by atoms with Crippen molar-refractivity contribution < 1.29 is 4.79 Å². The fourth-order valence-electron chi connectivity index (χ4n) is 3.43. The number of carbonyl (C=O) groups is 1. The van der Waals surface area contributed by atoms with E-state index >= 15 is 0 Å². The minimum Gasteiger partial charge on any atom is -0.340 e. The number of piperazine rings is 1. The Bertz CT molecular complexity index is 316. The highest BCUT2D eigenvalue weighted by atomic mass is 16.2. The van der Waals surface area contributed by atoms with Gasteiger partial charge in [-0.25, -0.2) is 0 Å². The molecule has 1 aliphatic heterocycles. The third kappa shape index (κ3) is 3.73. The Morgan fingerprint density at radius 1 is 1.05 bits per heavy atom. The summed E-state index contributed by atoms with van der Waals surface area (Å²) in [5.41, 5.74) is 5.84. The minimum atomic E-state index is -0.0583. The van der Waals surface area contributed by atoms with E-state index in [0.717, 1.165) is 38.1 Å². The molecule has 0 aromatic carbocycles. The Hall–Kier alpha value is -0.610. The van der Waals surface area contributed by atoms with E-state index in [1.54, 1.807) is 0 Å². The van der Waals surface area contributed by atoms with E-state index in [9.17, 15) is 4.79 Å². The van der Waals surface area contributed by atoms with E-state index in [2.05, 4.69) is 11.8 Å². The predicted molar refractivity (Wildman–Crippen MR) is 82.4 cm³/mol. The molecular formula is C16H31N3O. The van der Waals surface area contributed by atoms with Gasteiger partial charge in [-0.3, -0.25) is 9.69 Å². The van der Waals surface area contributed by atoms with Gasteiger partial charge in [-0.15, -0.1) is 0 Å². The fourth-order valence-corrected chi connectivity index (χ4v) is 3.43. The lowest BCUT2D eigenvalue weighted by molar-refractivity contribution is -0.137. The van der Waals surface area contributed by atoms with Crippen molar-refractivity contribution in [3.63, 3.8) is 0 Å². The number of hydrogen-bond acceptors (Lipinski definition) is 3. The zero-order valence-electron chi connectivity index (χ0n) is 13.3. The van der Waals surface area contributed by atoms with Gasteiger partial charge in [0.05, 0.1) is 5.92 Å². The van der Waals surface area contributed by atoms with Crippen molar-refractivity contribution in [3.8, 4) is 0 Å². The van der Waals surface area contributed by atoms with Gasteiger partial charge in [0.2, 0.25) is 5.91 Å². The largest absolute Gasteiger partial charge is 0.340 e. The highest BCUT2D eigenvalue weighted by molar-refractivity contribution is 5.79. The molecular weight excluding hydrogens is 250 g/mol. The Labute approximate surface area is 123 Å². The second-order valence-electron chi connectivity index (χ2n) is 6.92. The van der Waals surface area contributed by atoms with Gasteiger partial charge in [-0.2, -0.15) is 0 Å². The van der Waals surface area contributed by atoms with E-state index in [-0.39, 0.29) is 17.9 Å². The highest BCUT2D eigenvalue weighted by Gasteiger charge is 2.30. The lowest BCUT2D eigenvalue weighted by Gasteiger charge is -2.42. The molecule has 0 spiro atoms. The number of amides is 1. The molecule has 20 heavy (non-hydrogen) atoms. The third-order valence-corrected chi connectivity index (χ3v) is 5.31. The van der Waals surface area contributed by atoms with E-state index in [1.165, 1.54) is 25.7 Å². The van der Waals surface area contributed by atoms with Crippen LogP contribution in [0.3, 0.4) is 0 Å². The van der Waals surface area contributed by atoms with Gasteiger partial charge in [0.1, 0.15) is 0 Å². The second kappa shape index (κ2) is 6.90. The standard InChI is InChI=1S/C16H31N3O/c1-12-4-6-15(7-5-12)18-8-10-19(11-9-18)16(20)13(2)14(3)17/h12-15H,4-11,17H2,1-3H3. The highest BCUT2D eigenvalue weighted by Crippen LogP contribution is 2.27. The predicted octanol–water partition coefficient (Wildman–Crippen LogP) is 1.69. The van der Waals surface area contributed by atoms with Crippen LogP contribution in [-0.2, 0) is 4.79 Å². The van der Waals surface area contributed by atoms with Crippen LogP contribution in [0.15, 0.2) is 0 Å². The Balaban J connectivity index is 1.79. The molecule has 2 atom stereocenters. The second-order valence-corrected chi connectivity index (χ2v) is 6.92. The molecule has 0 aromatic heterocycles. The molecule has 2 rings (SSSR count). The van der Waals surface area contributed by atoms with E-state index in [0.29, 0.717) is 0 Å². The zero-order chi connectivity index (χ0) is 14.7. The number of hydrogen-bond donors (Lipinski definition) is 1. The summed E-state index contributed by atoms with van der Waals surface area (Å²) >= 11 is 0. The molecule has 4 nitrogen and oxygen atoms in total. The third-order valence-electron chi connectivity index (χ3n) is 5.31. The quantitative estimate of drug-likeness (QED) is 0.856. The maximum atomic E-state index is 12.3. The van der Waals surface area contributed by atoms with Gasteiger partial charge in [-0.1, -0.05) is 13.8 Å². The van der Waals surface area contributed by atoms with E-state index in [4.69, 9.17) is 5.73 Å². The van der Waals surface area contributed by atoms with Gasteiger partial charge in [-0.05, 0) is 38.5 Å². The smallest absolute Gasteiger partial charge is 0.227 e. The molecule has 4 heteroatoms. The summed E-state index contributed by atoms with van der Waals surface area (Å²) in [7, 11) is 0. The molecule has 0 aromatic rings. The van der Waals surface area contributed by atoms with Crippen LogP contribution >= 0.6 is 0 Å². The van der Waals surface area contributed by atoms with Crippen molar-refractivity contribution in [2.75, 3.05) is 26.2 Å². The first kappa shape index (κ1) is 15.8. The molecule has 1 saturated carbocycles. The van der Waals surface area contributed by atoms with Crippen LogP contribution in [-0.4, -0.2) is 54.0 Å². The zero-order valence-corrected chi connectivity index (χ0v) is 13.3. The van der Waals surface area contributed by atoms with Crippen LogP contribution in [0.5, 0.6) is 0 Å². The number of carbonyl (C=O) groups excluding carboxylic acids is 1. The summed E-state index contributed by atoms with van der Waals surface area (Å²) in [4.78, 5) is 16.9. The average Bonchev–Trinajstić information content (AvgIpc) is 2.46. The molecule has 0 radical (unpaired) electrons. The van der Waals surface area contributed by atoms with Crippen LogP contribution in [0.4, 0.5) is 0 Å².